The summed E-state index contributed by atoms with van der Waals surface area (Å²) in [6.07, 6.45) is 2.66. The van der Waals surface area contributed by atoms with Crippen LogP contribution in [0.5, 0.6) is 5.88 Å². The summed E-state index contributed by atoms with van der Waals surface area (Å²) in [6.45, 7) is 6.67. The van der Waals surface area contributed by atoms with Crippen molar-refractivity contribution in [1.29, 1.82) is 0 Å². The Bertz CT molecular complexity index is 724. The highest BCUT2D eigenvalue weighted by atomic mass is 35.5. The molecule has 4 nitrogen and oxygen atoms in total. The van der Waals surface area contributed by atoms with Crippen LogP contribution in [0.15, 0.2) is 30.3 Å². The van der Waals surface area contributed by atoms with Crippen molar-refractivity contribution in [3.05, 3.63) is 40.9 Å². The number of aryl methyl sites for hydroxylation is 1. The topological polar surface area (TPSA) is 38.2 Å². The first-order valence-electron chi connectivity index (χ1n) is 8.63. The number of halogens is 1. The van der Waals surface area contributed by atoms with Gasteiger partial charge in [0.25, 0.3) is 0 Å². The van der Waals surface area contributed by atoms with Crippen LogP contribution in [-0.2, 0) is 0 Å². The second-order valence-electron chi connectivity index (χ2n) is 6.94. The maximum absolute atomic E-state index is 6.32. The molecule has 1 aromatic heterocycles. The lowest BCUT2D eigenvalue weighted by Crippen LogP contribution is -2.58. The van der Waals surface area contributed by atoms with Crippen LogP contribution < -0.4 is 4.74 Å². The van der Waals surface area contributed by atoms with Crippen LogP contribution in [-0.4, -0.2) is 40.3 Å². The summed E-state index contributed by atoms with van der Waals surface area (Å²) in [6, 6.07) is 10.2. The van der Waals surface area contributed by atoms with E-state index in [9.17, 15) is 0 Å². The molecule has 24 heavy (non-hydrogen) atoms. The molecule has 1 aromatic carbocycles. The van der Waals surface area contributed by atoms with Crippen LogP contribution in [0, 0.1) is 12.8 Å². The van der Waals surface area contributed by atoms with E-state index in [0.717, 1.165) is 16.8 Å². The van der Waals surface area contributed by atoms with Gasteiger partial charge in [0, 0.05) is 17.7 Å². The minimum absolute atomic E-state index is 0.218. The quantitative estimate of drug-likeness (QED) is 0.845. The first-order chi connectivity index (χ1) is 11.6. The number of hydrogen-bond acceptors (Lipinski definition) is 4. The Labute approximate surface area is 147 Å². The van der Waals surface area contributed by atoms with Gasteiger partial charge < -0.3 is 4.74 Å². The maximum atomic E-state index is 6.32. The van der Waals surface area contributed by atoms with E-state index in [1.807, 2.05) is 37.3 Å². The summed E-state index contributed by atoms with van der Waals surface area (Å²) in [4.78, 5) is 2.51. The van der Waals surface area contributed by atoms with Crippen LogP contribution in [0.25, 0.3) is 11.3 Å². The highest BCUT2D eigenvalue weighted by Crippen LogP contribution is 2.34. The molecule has 5 heteroatoms. The monoisotopic (exact) mass is 343 g/mol. The Morgan fingerprint density at radius 1 is 1.12 bits per heavy atom. The van der Waals surface area contributed by atoms with Crippen LogP contribution in [0.1, 0.15) is 25.3 Å². The molecule has 0 radical (unpaired) electrons. The van der Waals surface area contributed by atoms with E-state index in [-0.39, 0.29) is 6.10 Å². The van der Waals surface area contributed by atoms with E-state index in [2.05, 4.69) is 22.0 Å². The van der Waals surface area contributed by atoms with Gasteiger partial charge in [0.1, 0.15) is 6.10 Å². The van der Waals surface area contributed by atoms with Crippen molar-refractivity contribution in [2.45, 2.75) is 38.8 Å². The Kier molecular flexibility index (Phi) is 4.19. The average Bonchev–Trinajstić information content (AvgIpc) is 2.59. The maximum Gasteiger partial charge on any atom is 0.233 e. The molecule has 2 unspecified atom stereocenters. The lowest BCUT2D eigenvalue weighted by atomic mass is 9.81. The fourth-order valence-electron chi connectivity index (χ4n) is 3.95. The van der Waals surface area contributed by atoms with Gasteiger partial charge in [0.2, 0.25) is 5.88 Å². The third-order valence-electron chi connectivity index (χ3n) is 5.39. The largest absolute Gasteiger partial charge is 0.471 e. The minimum atomic E-state index is 0.218. The molecule has 2 atom stereocenters. The highest BCUT2D eigenvalue weighted by molar-refractivity contribution is 6.33. The molecule has 0 N–H and O–H groups in total. The first kappa shape index (κ1) is 15.9. The average molecular weight is 344 g/mol. The van der Waals surface area contributed by atoms with E-state index >= 15 is 0 Å². The highest BCUT2D eigenvalue weighted by Gasteiger charge is 2.41. The number of hydrogen-bond donors (Lipinski definition) is 0. The minimum Gasteiger partial charge on any atom is -0.471 e. The molecule has 0 spiro atoms. The van der Waals surface area contributed by atoms with Crippen LogP contribution in [0.2, 0.25) is 5.02 Å². The zero-order chi connectivity index (χ0) is 16.7. The number of nitrogens with zero attached hydrogens (tertiary/aromatic N) is 3. The van der Waals surface area contributed by atoms with Gasteiger partial charge in [-0.1, -0.05) is 23.7 Å². The van der Waals surface area contributed by atoms with Crippen molar-refractivity contribution in [1.82, 2.24) is 15.1 Å². The molecule has 2 aromatic rings. The number of rotatable bonds is 3. The van der Waals surface area contributed by atoms with E-state index in [4.69, 9.17) is 16.3 Å². The van der Waals surface area contributed by atoms with Gasteiger partial charge in [-0.15, -0.1) is 10.2 Å². The van der Waals surface area contributed by atoms with Crippen LogP contribution in [0.3, 0.4) is 0 Å². The van der Waals surface area contributed by atoms with Gasteiger partial charge in [0.15, 0.2) is 0 Å². The van der Waals surface area contributed by atoms with Gasteiger partial charge in [-0.3, -0.25) is 4.90 Å². The van der Waals surface area contributed by atoms with Crippen molar-refractivity contribution < 1.29 is 4.74 Å². The second-order valence-corrected chi connectivity index (χ2v) is 7.34. The summed E-state index contributed by atoms with van der Waals surface area (Å²) in [7, 11) is 0. The molecule has 126 valence electrons. The summed E-state index contributed by atoms with van der Waals surface area (Å²) in [5.74, 6) is 1.24. The molecule has 0 aliphatic carbocycles. The number of fused-ring (bicyclic) bond motifs is 3. The van der Waals surface area contributed by atoms with Crippen molar-refractivity contribution >= 4 is 11.6 Å². The van der Waals surface area contributed by atoms with Gasteiger partial charge >= 0.3 is 0 Å². The molecule has 4 heterocycles. The third kappa shape index (κ3) is 2.89. The van der Waals surface area contributed by atoms with Gasteiger partial charge in [-0.05, 0) is 63.4 Å². The van der Waals surface area contributed by atoms with Crippen molar-refractivity contribution in [2.75, 3.05) is 13.1 Å². The first-order valence-corrected chi connectivity index (χ1v) is 9.00. The van der Waals surface area contributed by atoms with E-state index in [0.29, 0.717) is 22.9 Å². The summed E-state index contributed by atoms with van der Waals surface area (Å²) >= 11 is 6.32. The Balaban J connectivity index is 1.52. The predicted octanol–water partition coefficient (Wildman–Crippen LogP) is 3.97. The Morgan fingerprint density at radius 2 is 1.92 bits per heavy atom. The standard InChI is InChI=1S/C19H22ClN3O/c1-12-3-4-15(16(20)11-12)17-5-6-18(22-21-17)24-19-13(2)23-9-7-14(19)8-10-23/h3-6,11,13-14,19H,7-10H2,1-2H3. The lowest BCUT2D eigenvalue weighted by Gasteiger charge is -2.48. The van der Waals surface area contributed by atoms with Gasteiger partial charge in [-0.2, -0.15) is 0 Å². The zero-order valence-electron chi connectivity index (χ0n) is 14.1. The molecule has 0 amide bonds. The van der Waals surface area contributed by atoms with Gasteiger partial charge in [-0.25, -0.2) is 0 Å². The fourth-order valence-corrected chi connectivity index (χ4v) is 4.28. The van der Waals surface area contributed by atoms with Crippen molar-refractivity contribution in [3.63, 3.8) is 0 Å². The Hall–Kier alpha value is -1.65. The SMILES string of the molecule is Cc1ccc(-c2ccc(OC3C4CCN(CC4)C3C)nn2)c(Cl)c1. The van der Waals surface area contributed by atoms with Crippen LogP contribution in [0.4, 0.5) is 0 Å². The molecule has 3 saturated heterocycles. The second kappa shape index (κ2) is 6.34. The van der Waals surface area contributed by atoms with E-state index in [1.165, 1.54) is 25.9 Å². The molecular formula is C19H22ClN3O. The fraction of sp³-hybridized carbons (Fsp3) is 0.474. The molecule has 5 rings (SSSR count). The zero-order valence-corrected chi connectivity index (χ0v) is 14.8. The number of benzene rings is 1. The van der Waals surface area contributed by atoms with Crippen LogP contribution >= 0.6 is 11.6 Å². The predicted molar refractivity (Wildman–Crippen MR) is 95.4 cm³/mol. The summed E-state index contributed by atoms with van der Waals surface area (Å²) in [5.41, 5.74) is 2.81. The summed E-state index contributed by atoms with van der Waals surface area (Å²) < 4.78 is 6.19. The van der Waals surface area contributed by atoms with Crippen molar-refractivity contribution in [2.24, 2.45) is 5.92 Å². The molecular weight excluding hydrogens is 322 g/mol. The number of aromatic nitrogens is 2. The smallest absolute Gasteiger partial charge is 0.233 e. The molecule has 3 aliphatic heterocycles. The lowest BCUT2D eigenvalue weighted by molar-refractivity contribution is -0.0528. The van der Waals surface area contributed by atoms with Crippen molar-refractivity contribution in [3.8, 4) is 17.1 Å². The summed E-state index contributed by atoms with van der Waals surface area (Å²) in [5, 5.41) is 9.30. The molecule has 0 saturated carbocycles. The third-order valence-corrected chi connectivity index (χ3v) is 5.70. The number of piperidine rings is 3. The van der Waals surface area contributed by atoms with E-state index < -0.39 is 0 Å². The molecule has 2 bridgehead atoms. The van der Waals surface area contributed by atoms with E-state index in [1.54, 1.807) is 0 Å². The molecule has 3 fully saturated rings. The normalized spacial score (nSPS) is 28.8. The Morgan fingerprint density at radius 3 is 2.54 bits per heavy atom. The molecule has 3 aliphatic rings. The number of ether oxygens (including phenoxy) is 1. The van der Waals surface area contributed by atoms with Gasteiger partial charge in [0.05, 0.1) is 10.7 Å².